The van der Waals surface area contributed by atoms with Crippen LogP contribution in [0.25, 0.3) is 0 Å². The van der Waals surface area contributed by atoms with Gasteiger partial charge in [0.05, 0.1) is 0 Å². The number of hydrogen-bond acceptors (Lipinski definition) is 2. The van der Waals surface area contributed by atoms with Gasteiger partial charge in [-0.25, -0.2) is 0 Å². The smallest absolute Gasteiger partial charge is 0.145 e. The van der Waals surface area contributed by atoms with Crippen molar-refractivity contribution in [3.8, 4) is 0 Å². The van der Waals surface area contributed by atoms with E-state index < -0.39 is 0 Å². The average molecular weight is 130 g/mol. The first-order valence-electron chi connectivity index (χ1n) is 3.56. The highest BCUT2D eigenvalue weighted by Gasteiger charge is 1.85. The third-order valence-corrected chi connectivity index (χ3v) is 1.21. The Balaban J connectivity index is 2.60. The Morgan fingerprint density at radius 2 is 2.11 bits per heavy atom. The summed E-state index contributed by atoms with van der Waals surface area (Å²) >= 11 is 0. The first kappa shape index (κ1) is 8.92. The maximum absolute atomic E-state index is 5.00. The van der Waals surface area contributed by atoms with Gasteiger partial charge < -0.3 is 10.5 Å². The Morgan fingerprint density at radius 3 is 2.67 bits per heavy atom. The third-order valence-electron chi connectivity index (χ3n) is 1.21. The molecular weight excluding hydrogens is 114 g/mol. The first-order valence-corrected chi connectivity index (χ1v) is 3.56. The number of hydrogen-bond donors (Lipinski definition) is 1. The largest absolute Gasteiger partial charge is 0.359 e. The van der Waals surface area contributed by atoms with Crippen molar-refractivity contribution in [1.82, 2.24) is 0 Å². The molecule has 0 saturated carbocycles. The molecule has 2 N–H and O–H groups in total. The fraction of sp³-hybridized carbons (Fsp3) is 0.857. The molecule has 0 amide bonds. The van der Waals surface area contributed by atoms with E-state index in [1.807, 2.05) is 0 Å². The predicted molar refractivity (Wildman–Crippen MR) is 38.6 cm³/mol. The fourth-order valence-electron chi connectivity index (χ4n) is 0.680. The molecular formula is C7H16NO. The topological polar surface area (TPSA) is 35.2 Å². The zero-order valence-corrected chi connectivity index (χ0v) is 6.10. The fourth-order valence-corrected chi connectivity index (χ4v) is 0.680. The van der Waals surface area contributed by atoms with Gasteiger partial charge in [-0.3, -0.25) is 0 Å². The lowest BCUT2D eigenvalue weighted by Gasteiger charge is -1.97. The van der Waals surface area contributed by atoms with E-state index in [2.05, 4.69) is 6.92 Å². The average Bonchev–Trinajstić information content (AvgIpc) is 1.89. The molecule has 0 aliphatic carbocycles. The minimum atomic E-state index is 0.774. The molecule has 2 heteroatoms. The highest BCUT2D eigenvalue weighted by atomic mass is 16.5. The Bertz CT molecular complexity index is 42.2. The van der Waals surface area contributed by atoms with Gasteiger partial charge in [-0.15, -0.1) is 0 Å². The molecule has 9 heavy (non-hydrogen) atoms. The van der Waals surface area contributed by atoms with Crippen molar-refractivity contribution < 1.29 is 4.74 Å². The lowest BCUT2D eigenvalue weighted by Crippen LogP contribution is -1.98. The monoisotopic (exact) mass is 130 g/mol. The lowest BCUT2D eigenvalue weighted by atomic mass is 10.2. The van der Waals surface area contributed by atoms with Crippen LogP contribution in [0.3, 0.4) is 0 Å². The summed E-state index contributed by atoms with van der Waals surface area (Å²) < 4.78 is 4.83. The summed E-state index contributed by atoms with van der Waals surface area (Å²) in [7, 11) is 0. The molecule has 0 aliphatic heterocycles. The third kappa shape index (κ3) is 7.92. The van der Waals surface area contributed by atoms with Crippen molar-refractivity contribution in [3.63, 3.8) is 0 Å². The van der Waals surface area contributed by atoms with Crippen LogP contribution in [0.15, 0.2) is 0 Å². The van der Waals surface area contributed by atoms with Crippen LogP contribution >= 0.6 is 0 Å². The van der Waals surface area contributed by atoms with Crippen molar-refractivity contribution >= 4 is 0 Å². The van der Waals surface area contributed by atoms with Gasteiger partial charge in [0.15, 0.2) is 0 Å². The van der Waals surface area contributed by atoms with Crippen molar-refractivity contribution in [2.24, 2.45) is 5.73 Å². The Hall–Kier alpha value is -0.0800. The maximum Gasteiger partial charge on any atom is 0.145 e. The number of rotatable bonds is 6. The predicted octanol–water partition coefficient (Wildman–Crippen LogP) is 1.66. The summed E-state index contributed by atoms with van der Waals surface area (Å²) in [6.07, 6.45) is 4.95. The van der Waals surface area contributed by atoms with Crippen molar-refractivity contribution in [1.29, 1.82) is 0 Å². The van der Waals surface area contributed by atoms with Crippen LogP contribution in [-0.2, 0) is 4.74 Å². The van der Waals surface area contributed by atoms with E-state index in [4.69, 9.17) is 10.5 Å². The van der Waals surface area contributed by atoms with Gasteiger partial charge in [-0.1, -0.05) is 26.2 Å². The quantitative estimate of drug-likeness (QED) is 0.555. The highest BCUT2D eigenvalue weighted by Crippen LogP contribution is 1.98. The number of unbranched alkanes of at least 4 members (excludes halogenated alkanes) is 3. The van der Waals surface area contributed by atoms with Gasteiger partial charge in [-0.2, -0.15) is 0 Å². The van der Waals surface area contributed by atoms with Crippen molar-refractivity contribution in [2.45, 2.75) is 32.6 Å². The van der Waals surface area contributed by atoms with E-state index in [1.165, 1.54) is 26.0 Å². The normalized spacial score (nSPS) is 10.0. The molecule has 0 spiro atoms. The second-order valence-electron chi connectivity index (χ2n) is 2.07. The minimum Gasteiger partial charge on any atom is -0.359 e. The number of nitrogens with two attached hydrogens (primary N) is 1. The van der Waals surface area contributed by atoms with Gasteiger partial charge >= 0.3 is 0 Å². The molecule has 0 aliphatic rings. The summed E-state index contributed by atoms with van der Waals surface area (Å²) in [4.78, 5) is 0. The van der Waals surface area contributed by atoms with Crippen LogP contribution in [0.5, 0.6) is 0 Å². The second-order valence-corrected chi connectivity index (χ2v) is 2.07. The summed E-state index contributed by atoms with van der Waals surface area (Å²) in [5.41, 5.74) is 5.00. The molecule has 0 rings (SSSR count). The Labute approximate surface area is 57.4 Å². The van der Waals surface area contributed by atoms with Crippen molar-refractivity contribution in [3.05, 3.63) is 6.73 Å². The molecule has 55 valence electrons. The van der Waals surface area contributed by atoms with Crippen LogP contribution in [0.1, 0.15) is 32.6 Å². The van der Waals surface area contributed by atoms with Crippen LogP contribution in [0.2, 0.25) is 0 Å². The van der Waals surface area contributed by atoms with Gasteiger partial charge in [0.2, 0.25) is 0 Å². The summed E-state index contributed by atoms with van der Waals surface area (Å²) in [5, 5.41) is 0. The Morgan fingerprint density at radius 1 is 1.33 bits per heavy atom. The molecule has 0 saturated heterocycles. The molecule has 0 heterocycles. The van der Waals surface area contributed by atoms with E-state index in [0.717, 1.165) is 13.0 Å². The van der Waals surface area contributed by atoms with Gasteiger partial charge in [0, 0.05) is 6.61 Å². The van der Waals surface area contributed by atoms with E-state index in [-0.39, 0.29) is 0 Å². The molecule has 0 atom stereocenters. The van der Waals surface area contributed by atoms with Crippen LogP contribution < -0.4 is 5.73 Å². The Kier molecular flexibility index (Phi) is 7.85. The molecule has 1 radical (unpaired) electrons. The second kappa shape index (κ2) is 7.92. The van der Waals surface area contributed by atoms with E-state index in [1.54, 1.807) is 0 Å². The van der Waals surface area contributed by atoms with E-state index in [0.29, 0.717) is 0 Å². The van der Waals surface area contributed by atoms with Crippen molar-refractivity contribution in [2.75, 3.05) is 6.61 Å². The molecule has 0 unspecified atom stereocenters. The molecule has 0 aromatic heterocycles. The SMILES string of the molecule is CCCCCCO[CH]N. The molecule has 0 aromatic rings. The zero-order valence-electron chi connectivity index (χ0n) is 6.10. The van der Waals surface area contributed by atoms with Crippen LogP contribution in [0.4, 0.5) is 0 Å². The number of ether oxygens (including phenoxy) is 1. The van der Waals surface area contributed by atoms with Crippen LogP contribution in [-0.4, -0.2) is 6.61 Å². The van der Waals surface area contributed by atoms with Crippen LogP contribution in [0, 0.1) is 6.73 Å². The molecule has 2 nitrogen and oxygen atoms in total. The van der Waals surface area contributed by atoms with E-state index in [9.17, 15) is 0 Å². The maximum atomic E-state index is 5.00. The molecule has 0 fully saturated rings. The zero-order chi connectivity index (χ0) is 6.95. The summed E-state index contributed by atoms with van der Waals surface area (Å²) in [6, 6.07) is 0. The van der Waals surface area contributed by atoms with Gasteiger partial charge in [-0.05, 0) is 6.42 Å². The standard InChI is InChI=1S/C7H16NO/c1-2-3-4-5-6-9-7-8/h7H,2-6,8H2,1H3. The molecule has 0 aromatic carbocycles. The van der Waals surface area contributed by atoms with E-state index >= 15 is 0 Å². The van der Waals surface area contributed by atoms with Gasteiger partial charge in [0.25, 0.3) is 0 Å². The molecule has 0 bridgehead atoms. The minimum absolute atomic E-state index is 0.774. The lowest BCUT2D eigenvalue weighted by molar-refractivity contribution is 0.193. The summed E-state index contributed by atoms with van der Waals surface area (Å²) in [5.74, 6) is 0. The highest BCUT2D eigenvalue weighted by molar-refractivity contribution is 4.40. The summed E-state index contributed by atoms with van der Waals surface area (Å²) in [6.45, 7) is 4.22. The van der Waals surface area contributed by atoms with Gasteiger partial charge in [0.1, 0.15) is 6.73 Å². The first-order chi connectivity index (χ1) is 4.41.